The molecule has 1 rings (SSSR count). The lowest BCUT2D eigenvalue weighted by atomic mass is 10.5. The zero-order valence-corrected chi connectivity index (χ0v) is 9.43. The van der Waals surface area contributed by atoms with Crippen molar-refractivity contribution in [3.63, 3.8) is 0 Å². The number of aromatic nitrogens is 1. The Labute approximate surface area is 87.5 Å². The van der Waals surface area contributed by atoms with Gasteiger partial charge >= 0.3 is 5.97 Å². The number of rotatable bonds is 4. The Hall–Kier alpha value is -1.10. The van der Waals surface area contributed by atoms with Crippen molar-refractivity contribution in [1.29, 1.82) is 0 Å². The van der Waals surface area contributed by atoms with Crippen LogP contribution in [-0.2, 0) is 9.53 Å². The van der Waals surface area contributed by atoms with Gasteiger partial charge < -0.3 is 9.64 Å². The SMILES string of the molecule is CCN(CC(=O)OC)c1nc(C)cs1. The van der Waals surface area contributed by atoms with Gasteiger partial charge in [-0.05, 0) is 13.8 Å². The number of hydrogen-bond donors (Lipinski definition) is 0. The van der Waals surface area contributed by atoms with E-state index in [9.17, 15) is 4.79 Å². The van der Waals surface area contributed by atoms with Gasteiger partial charge in [-0.3, -0.25) is 4.79 Å². The van der Waals surface area contributed by atoms with Crippen molar-refractivity contribution in [2.24, 2.45) is 0 Å². The molecule has 1 aromatic heterocycles. The molecule has 0 saturated heterocycles. The number of nitrogens with zero attached hydrogens (tertiary/aromatic N) is 2. The average molecular weight is 214 g/mol. The largest absolute Gasteiger partial charge is 0.468 e. The first-order valence-corrected chi connectivity index (χ1v) is 5.29. The Kier molecular flexibility index (Phi) is 3.88. The first-order chi connectivity index (χ1) is 6.67. The Morgan fingerprint density at radius 3 is 2.86 bits per heavy atom. The Morgan fingerprint density at radius 1 is 1.71 bits per heavy atom. The minimum Gasteiger partial charge on any atom is -0.468 e. The molecule has 0 radical (unpaired) electrons. The molecule has 0 aliphatic heterocycles. The van der Waals surface area contributed by atoms with Gasteiger partial charge in [-0.2, -0.15) is 0 Å². The summed E-state index contributed by atoms with van der Waals surface area (Å²) in [5, 5.41) is 2.84. The van der Waals surface area contributed by atoms with Crippen molar-refractivity contribution in [2.75, 3.05) is 25.1 Å². The Balaban J connectivity index is 2.67. The van der Waals surface area contributed by atoms with E-state index >= 15 is 0 Å². The highest BCUT2D eigenvalue weighted by Crippen LogP contribution is 2.19. The summed E-state index contributed by atoms with van der Waals surface area (Å²) in [4.78, 5) is 17.3. The third-order valence-electron chi connectivity index (χ3n) is 1.81. The van der Waals surface area contributed by atoms with Gasteiger partial charge in [-0.15, -0.1) is 11.3 Å². The predicted molar refractivity (Wildman–Crippen MR) is 56.8 cm³/mol. The van der Waals surface area contributed by atoms with Crippen LogP contribution >= 0.6 is 11.3 Å². The van der Waals surface area contributed by atoms with Gasteiger partial charge in [-0.25, -0.2) is 4.98 Å². The van der Waals surface area contributed by atoms with Crippen LogP contribution < -0.4 is 4.90 Å². The van der Waals surface area contributed by atoms with Gasteiger partial charge in [0, 0.05) is 11.9 Å². The van der Waals surface area contributed by atoms with Crippen molar-refractivity contribution in [1.82, 2.24) is 4.98 Å². The molecule has 4 nitrogen and oxygen atoms in total. The van der Waals surface area contributed by atoms with Gasteiger partial charge in [0.05, 0.1) is 12.8 Å². The zero-order valence-electron chi connectivity index (χ0n) is 8.61. The first kappa shape index (κ1) is 11.0. The molecule has 0 aromatic carbocycles. The van der Waals surface area contributed by atoms with Crippen LogP contribution in [0.5, 0.6) is 0 Å². The second-order valence-electron chi connectivity index (χ2n) is 2.86. The number of ether oxygens (including phenoxy) is 1. The van der Waals surface area contributed by atoms with E-state index in [1.165, 1.54) is 7.11 Å². The van der Waals surface area contributed by atoms with Gasteiger partial charge in [-0.1, -0.05) is 0 Å². The highest BCUT2D eigenvalue weighted by molar-refractivity contribution is 7.13. The number of likely N-dealkylation sites (N-methyl/N-ethyl adjacent to an activating group) is 1. The van der Waals surface area contributed by atoms with Crippen LogP contribution in [0, 0.1) is 6.92 Å². The molecular weight excluding hydrogens is 200 g/mol. The van der Waals surface area contributed by atoms with Gasteiger partial charge in [0.2, 0.25) is 0 Å². The van der Waals surface area contributed by atoms with Crippen LogP contribution in [0.1, 0.15) is 12.6 Å². The molecular formula is C9H14N2O2S. The van der Waals surface area contributed by atoms with Crippen molar-refractivity contribution < 1.29 is 9.53 Å². The van der Waals surface area contributed by atoms with Crippen molar-refractivity contribution in [2.45, 2.75) is 13.8 Å². The summed E-state index contributed by atoms with van der Waals surface area (Å²) in [6, 6.07) is 0. The monoisotopic (exact) mass is 214 g/mol. The zero-order chi connectivity index (χ0) is 10.6. The van der Waals surface area contributed by atoms with Gasteiger partial charge in [0.1, 0.15) is 6.54 Å². The Bertz CT molecular complexity index is 312. The molecule has 0 aliphatic rings. The average Bonchev–Trinajstić information content (AvgIpc) is 2.60. The summed E-state index contributed by atoms with van der Waals surface area (Å²) < 4.78 is 4.61. The minimum absolute atomic E-state index is 0.236. The molecule has 14 heavy (non-hydrogen) atoms. The van der Waals surface area contributed by atoms with Crippen LogP contribution in [0.2, 0.25) is 0 Å². The fourth-order valence-electron chi connectivity index (χ4n) is 1.02. The third-order valence-corrected chi connectivity index (χ3v) is 2.83. The normalized spacial score (nSPS) is 9.93. The summed E-state index contributed by atoms with van der Waals surface area (Å²) in [5.41, 5.74) is 0.980. The molecule has 0 bridgehead atoms. The van der Waals surface area contributed by atoms with Gasteiger partial charge in [0.25, 0.3) is 0 Å². The number of carbonyl (C=O) groups excluding carboxylic acids is 1. The molecule has 0 amide bonds. The standard InChI is InChI=1S/C9H14N2O2S/c1-4-11(5-8(12)13-3)9-10-7(2)6-14-9/h6H,4-5H2,1-3H3. The number of thiazole rings is 1. The maximum Gasteiger partial charge on any atom is 0.325 e. The lowest BCUT2D eigenvalue weighted by Crippen LogP contribution is -2.30. The Morgan fingerprint density at radius 2 is 2.43 bits per heavy atom. The summed E-state index contributed by atoms with van der Waals surface area (Å²) >= 11 is 1.54. The van der Waals surface area contributed by atoms with Crippen molar-refractivity contribution in [3.05, 3.63) is 11.1 Å². The minimum atomic E-state index is -0.236. The van der Waals surface area contributed by atoms with Crippen LogP contribution in [0.25, 0.3) is 0 Å². The van der Waals surface area contributed by atoms with Gasteiger partial charge in [0.15, 0.2) is 5.13 Å². The van der Waals surface area contributed by atoms with Crippen LogP contribution in [-0.4, -0.2) is 31.2 Å². The fourth-order valence-corrected chi connectivity index (χ4v) is 1.89. The highest BCUT2D eigenvalue weighted by atomic mass is 32.1. The third kappa shape index (κ3) is 2.70. The molecule has 0 fully saturated rings. The smallest absolute Gasteiger partial charge is 0.325 e. The van der Waals surface area contributed by atoms with Crippen molar-refractivity contribution >= 4 is 22.4 Å². The number of aryl methyl sites for hydroxylation is 1. The molecule has 0 saturated carbocycles. The summed E-state index contributed by atoms with van der Waals surface area (Å²) in [6.45, 7) is 4.94. The number of esters is 1. The number of carbonyl (C=O) groups is 1. The lowest BCUT2D eigenvalue weighted by molar-refractivity contribution is -0.138. The van der Waals surface area contributed by atoms with E-state index in [0.717, 1.165) is 17.4 Å². The van der Waals surface area contributed by atoms with Crippen LogP contribution in [0.15, 0.2) is 5.38 Å². The van der Waals surface area contributed by atoms with E-state index in [0.29, 0.717) is 0 Å². The molecule has 0 spiro atoms. The van der Waals surface area contributed by atoms with E-state index < -0.39 is 0 Å². The van der Waals surface area contributed by atoms with E-state index in [1.807, 2.05) is 24.1 Å². The summed E-state index contributed by atoms with van der Waals surface area (Å²) in [7, 11) is 1.39. The van der Waals surface area contributed by atoms with E-state index in [4.69, 9.17) is 0 Å². The topological polar surface area (TPSA) is 42.4 Å². The summed E-state index contributed by atoms with van der Waals surface area (Å²) in [6.07, 6.45) is 0. The molecule has 0 aliphatic carbocycles. The molecule has 1 heterocycles. The molecule has 78 valence electrons. The summed E-state index contributed by atoms with van der Waals surface area (Å²) in [5.74, 6) is -0.236. The van der Waals surface area contributed by atoms with Crippen LogP contribution in [0.4, 0.5) is 5.13 Å². The lowest BCUT2D eigenvalue weighted by Gasteiger charge is -2.17. The first-order valence-electron chi connectivity index (χ1n) is 4.41. The number of hydrogen-bond acceptors (Lipinski definition) is 5. The molecule has 0 N–H and O–H groups in total. The molecule has 0 atom stereocenters. The highest BCUT2D eigenvalue weighted by Gasteiger charge is 2.12. The second-order valence-corrected chi connectivity index (χ2v) is 3.70. The molecule has 5 heteroatoms. The quantitative estimate of drug-likeness (QED) is 0.711. The number of methoxy groups -OCH3 is 1. The second kappa shape index (κ2) is 4.95. The van der Waals surface area contributed by atoms with Crippen LogP contribution in [0.3, 0.4) is 0 Å². The van der Waals surface area contributed by atoms with E-state index in [-0.39, 0.29) is 12.5 Å². The molecule has 1 aromatic rings. The number of anilines is 1. The predicted octanol–water partition coefficient (Wildman–Crippen LogP) is 1.45. The van der Waals surface area contributed by atoms with Crippen molar-refractivity contribution in [3.8, 4) is 0 Å². The maximum absolute atomic E-state index is 11.1. The fraction of sp³-hybridized carbons (Fsp3) is 0.556. The van der Waals surface area contributed by atoms with E-state index in [2.05, 4.69) is 9.72 Å². The van der Waals surface area contributed by atoms with E-state index in [1.54, 1.807) is 11.3 Å². The maximum atomic E-state index is 11.1. The molecule has 0 unspecified atom stereocenters.